The molecule has 138 valence electrons. The van der Waals surface area contributed by atoms with Crippen LogP contribution in [0.2, 0.25) is 0 Å². The van der Waals surface area contributed by atoms with Crippen LogP contribution in [0.15, 0.2) is 23.7 Å². The molecule has 0 radical (unpaired) electrons. The first kappa shape index (κ1) is 18.9. The third kappa shape index (κ3) is 5.02. The SMILES string of the molecule is CCNC(=NCC(c1cnn(C)c1)N(C)C)N(C)Cc1ncnn1C. The number of aryl methyl sites for hydroxylation is 2. The van der Waals surface area contributed by atoms with E-state index in [9.17, 15) is 0 Å². The summed E-state index contributed by atoms with van der Waals surface area (Å²) in [5.74, 6) is 1.74. The molecule has 2 rings (SSSR count). The second kappa shape index (κ2) is 8.61. The van der Waals surface area contributed by atoms with Crippen LogP contribution in [-0.2, 0) is 20.6 Å². The van der Waals surface area contributed by atoms with Crippen molar-refractivity contribution in [2.24, 2.45) is 19.1 Å². The lowest BCUT2D eigenvalue weighted by Crippen LogP contribution is -2.39. The van der Waals surface area contributed by atoms with Gasteiger partial charge in [0.15, 0.2) is 5.96 Å². The molecule has 25 heavy (non-hydrogen) atoms. The third-order valence-electron chi connectivity index (χ3n) is 4.03. The average molecular weight is 347 g/mol. The van der Waals surface area contributed by atoms with Crippen LogP contribution in [-0.4, -0.2) is 74.5 Å². The molecule has 2 aromatic rings. The van der Waals surface area contributed by atoms with Gasteiger partial charge in [-0.3, -0.25) is 14.4 Å². The lowest BCUT2D eigenvalue weighted by molar-refractivity contribution is 0.305. The standard InChI is InChI=1S/C16H29N9/c1-7-17-16(23(4)11-15-19-12-21-25(15)6)18-9-14(22(2)3)13-8-20-24(5)10-13/h8,10,12,14H,7,9,11H2,1-6H3,(H,17,18). The van der Waals surface area contributed by atoms with Crippen molar-refractivity contribution in [3.8, 4) is 0 Å². The zero-order valence-corrected chi connectivity index (χ0v) is 16.0. The van der Waals surface area contributed by atoms with Crippen molar-refractivity contribution in [1.29, 1.82) is 0 Å². The Morgan fingerprint density at radius 1 is 1.28 bits per heavy atom. The van der Waals surface area contributed by atoms with E-state index in [-0.39, 0.29) is 6.04 Å². The van der Waals surface area contributed by atoms with E-state index in [0.717, 1.165) is 23.9 Å². The Bertz CT molecular complexity index is 685. The molecule has 9 nitrogen and oxygen atoms in total. The lowest BCUT2D eigenvalue weighted by atomic mass is 10.1. The Morgan fingerprint density at radius 3 is 2.56 bits per heavy atom. The van der Waals surface area contributed by atoms with E-state index in [1.807, 2.05) is 38.2 Å². The number of guanidine groups is 1. The molecule has 0 amide bonds. The molecule has 0 aliphatic carbocycles. The molecule has 0 aliphatic rings. The molecule has 0 bridgehead atoms. The van der Waals surface area contributed by atoms with Gasteiger partial charge in [0, 0.05) is 39.4 Å². The van der Waals surface area contributed by atoms with Gasteiger partial charge in [0.25, 0.3) is 0 Å². The van der Waals surface area contributed by atoms with Crippen molar-refractivity contribution < 1.29 is 0 Å². The summed E-state index contributed by atoms with van der Waals surface area (Å²) in [6, 6.07) is 0.172. The largest absolute Gasteiger partial charge is 0.357 e. The summed E-state index contributed by atoms with van der Waals surface area (Å²) in [6.45, 7) is 4.16. The molecule has 9 heteroatoms. The molecule has 0 spiro atoms. The van der Waals surface area contributed by atoms with Crippen LogP contribution < -0.4 is 5.32 Å². The number of rotatable bonds is 7. The minimum absolute atomic E-state index is 0.172. The Kier molecular flexibility index (Phi) is 6.51. The summed E-state index contributed by atoms with van der Waals surface area (Å²) in [6.07, 6.45) is 5.50. The molecule has 0 saturated carbocycles. The number of likely N-dealkylation sites (N-methyl/N-ethyl adjacent to an activating group) is 1. The number of nitrogens with zero attached hydrogens (tertiary/aromatic N) is 8. The molecule has 0 aromatic carbocycles. The highest BCUT2D eigenvalue weighted by atomic mass is 15.4. The third-order valence-corrected chi connectivity index (χ3v) is 4.03. The van der Waals surface area contributed by atoms with Gasteiger partial charge in [-0.2, -0.15) is 10.2 Å². The minimum Gasteiger partial charge on any atom is -0.357 e. The van der Waals surface area contributed by atoms with Gasteiger partial charge < -0.3 is 15.1 Å². The molecule has 2 heterocycles. The summed E-state index contributed by atoms with van der Waals surface area (Å²) in [5, 5.41) is 11.7. The first-order valence-corrected chi connectivity index (χ1v) is 8.39. The predicted molar refractivity (Wildman–Crippen MR) is 98.1 cm³/mol. The molecular formula is C16H29N9. The molecule has 0 aliphatic heterocycles. The number of nitrogens with one attached hydrogen (secondary N) is 1. The number of aliphatic imine (C=N–C) groups is 1. The Labute approximate surface area is 149 Å². The molecule has 0 saturated heterocycles. The fraction of sp³-hybridized carbons (Fsp3) is 0.625. The normalized spacial score (nSPS) is 13.3. The number of hydrogen-bond acceptors (Lipinski definition) is 5. The highest BCUT2D eigenvalue weighted by Gasteiger charge is 2.17. The van der Waals surface area contributed by atoms with E-state index in [0.29, 0.717) is 13.1 Å². The second-order valence-electron chi connectivity index (χ2n) is 6.28. The van der Waals surface area contributed by atoms with Gasteiger partial charge in [0.1, 0.15) is 12.2 Å². The van der Waals surface area contributed by atoms with Gasteiger partial charge in [-0.15, -0.1) is 0 Å². The summed E-state index contributed by atoms with van der Waals surface area (Å²) >= 11 is 0. The zero-order chi connectivity index (χ0) is 18.4. The summed E-state index contributed by atoms with van der Waals surface area (Å²) in [7, 11) is 9.95. The van der Waals surface area contributed by atoms with Gasteiger partial charge in [0.05, 0.1) is 25.3 Å². The van der Waals surface area contributed by atoms with Crippen LogP contribution in [0.1, 0.15) is 24.4 Å². The fourth-order valence-electron chi connectivity index (χ4n) is 2.57. The van der Waals surface area contributed by atoms with Crippen LogP contribution in [0.3, 0.4) is 0 Å². The zero-order valence-electron chi connectivity index (χ0n) is 16.0. The number of aromatic nitrogens is 5. The van der Waals surface area contributed by atoms with Crippen molar-refractivity contribution in [3.63, 3.8) is 0 Å². The van der Waals surface area contributed by atoms with Crippen molar-refractivity contribution in [2.75, 3.05) is 34.2 Å². The van der Waals surface area contributed by atoms with Crippen LogP contribution >= 0.6 is 0 Å². The summed E-state index contributed by atoms with van der Waals surface area (Å²) in [4.78, 5) is 13.3. The van der Waals surface area contributed by atoms with Crippen LogP contribution in [0.4, 0.5) is 0 Å². The fourth-order valence-corrected chi connectivity index (χ4v) is 2.57. The minimum atomic E-state index is 0.172. The van der Waals surface area contributed by atoms with Gasteiger partial charge in [-0.1, -0.05) is 0 Å². The topological polar surface area (TPSA) is 79.4 Å². The van der Waals surface area contributed by atoms with E-state index >= 15 is 0 Å². The quantitative estimate of drug-likeness (QED) is 0.571. The lowest BCUT2D eigenvalue weighted by Gasteiger charge is -2.25. The van der Waals surface area contributed by atoms with Crippen molar-refractivity contribution in [1.82, 2.24) is 39.7 Å². The van der Waals surface area contributed by atoms with E-state index in [2.05, 4.69) is 51.3 Å². The van der Waals surface area contributed by atoms with E-state index in [4.69, 9.17) is 4.99 Å². The monoisotopic (exact) mass is 347 g/mol. The maximum atomic E-state index is 4.83. The van der Waals surface area contributed by atoms with E-state index < -0.39 is 0 Å². The van der Waals surface area contributed by atoms with Gasteiger partial charge in [0.2, 0.25) is 0 Å². The highest BCUT2D eigenvalue weighted by Crippen LogP contribution is 2.17. The smallest absolute Gasteiger partial charge is 0.194 e. The molecule has 1 unspecified atom stereocenters. The second-order valence-corrected chi connectivity index (χ2v) is 6.28. The van der Waals surface area contributed by atoms with Gasteiger partial charge in [-0.25, -0.2) is 4.98 Å². The Hall–Kier alpha value is -2.42. The molecule has 1 atom stereocenters. The van der Waals surface area contributed by atoms with Gasteiger partial charge >= 0.3 is 0 Å². The van der Waals surface area contributed by atoms with Crippen LogP contribution in [0, 0.1) is 0 Å². The number of hydrogen-bond donors (Lipinski definition) is 1. The van der Waals surface area contributed by atoms with E-state index in [1.165, 1.54) is 0 Å². The van der Waals surface area contributed by atoms with Crippen LogP contribution in [0.5, 0.6) is 0 Å². The summed E-state index contributed by atoms with van der Waals surface area (Å²) < 4.78 is 3.60. The first-order chi connectivity index (χ1) is 11.9. The predicted octanol–water partition coefficient (Wildman–Crippen LogP) is 0.249. The first-order valence-electron chi connectivity index (χ1n) is 8.39. The van der Waals surface area contributed by atoms with Gasteiger partial charge in [-0.05, 0) is 21.0 Å². The van der Waals surface area contributed by atoms with Crippen molar-refractivity contribution >= 4 is 5.96 Å². The molecular weight excluding hydrogens is 318 g/mol. The Morgan fingerprint density at radius 2 is 2.04 bits per heavy atom. The van der Waals surface area contributed by atoms with Crippen molar-refractivity contribution in [2.45, 2.75) is 19.5 Å². The van der Waals surface area contributed by atoms with Crippen LogP contribution in [0.25, 0.3) is 0 Å². The van der Waals surface area contributed by atoms with E-state index in [1.54, 1.807) is 11.0 Å². The highest BCUT2D eigenvalue weighted by molar-refractivity contribution is 5.79. The maximum Gasteiger partial charge on any atom is 0.194 e. The summed E-state index contributed by atoms with van der Waals surface area (Å²) in [5.41, 5.74) is 1.16. The molecule has 2 aromatic heterocycles. The average Bonchev–Trinajstić information content (AvgIpc) is 3.15. The van der Waals surface area contributed by atoms with Crippen molar-refractivity contribution in [3.05, 3.63) is 30.1 Å². The maximum absolute atomic E-state index is 4.83. The Balaban J connectivity index is 2.12. The molecule has 0 fully saturated rings. The molecule has 1 N–H and O–H groups in total.